The predicted molar refractivity (Wildman–Crippen MR) is 81.1 cm³/mol. The summed E-state index contributed by atoms with van der Waals surface area (Å²) in [5.41, 5.74) is 1.03. The average Bonchev–Trinajstić information content (AvgIpc) is 3.07. The second-order valence-corrected chi connectivity index (χ2v) is 5.91. The minimum atomic E-state index is 0.0510. The largest absolute Gasteiger partial charge is 0.424 e. The van der Waals surface area contributed by atoms with Gasteiger partial charge in [-0.15, -0.1) is 21.5 Å². The molecule has 0 N–H and O–H groups in total. The van der Waals surface area contributed by atoms with Crippen molar-refractivity contribution in [2.24, 2.45) is 0 Å². The van der Waals surface area contributed by atoms with Crippen molar-refractivity contribution < 1.29 is 9.15 Å². The first-order valence-corrected chi connectivity index (χ1v) is 7.95. The van der Waals surface area contributed by atoms with Gasteiger partial charge in [-0.3, -0.25) is 4.90 Å². The average molecular weight is 310 g/mol. The highest BCUT2D eigenvalue weighted by Gasteiger charge is 2.19. The lowest BCUT2D eigenvalue weighted by atomic mass is 10.3. The Morgan fingerprint density at radius 2 is 2.14 bits per heavy atom. The molecule has 0 aliphatic rings. The van der Waals surface area contributed by atoms with Crippen LogP contribution in [0.15, 0.2) is 9.80 Å². The highest BCUT2D eigenvalue weighted by atomic mass is 32.1. The van der Waals surface area contributed by atoms with E-state index in [1.807, 2.05) is 27.8 Å². The number of ether oxygens (including phenoxy) is 1. The summed E-state index contributed by atoms with van der Waals surface area (Å²) < 4.78 is 11.0. The van der Waals surface area contributed by atoms with Crippen LogP contribution in [0.4, 0.5) is 0 Å². The highest BCUT2D eigenvalue weighted by Crippen LogP contribution is 2.24. The molecule has 0 amide bonds. The van der Waals surface area contributed by atoms with E-state index in [0.29, 0.717) is 18.4 Å². The maximum Gasteiger partial charge on any atom is 0.233 e. The van der Waals surface area contributed by atoms with Crippen LogP contribution in [0.3, 0.4) is 0 Å². The molecule has 0 aromatic carbocycles. The number of nitrogens with zero attached hydrogens (tertiary/aromatic N) is 4. The van der Waals surface area contributed by atoms with E-state index in [1.54, 1.807) is 18.3 Å². The quantitative estimate of drug-likeness (QED) is 0.783. The fraction of sp³-hybridized carbons (Fsp3) is 0.643. The summed E-state index contributed by atoms with van der Waals surface area (Å²) in [7, 11) is 2.02. The van der Waals surface area contributed by atoms with Gasteiger partial charge in [-0.1, -0.05) is 0 Å². The number of thiazole rings is 1. The summed E-state index contributed by atoms with van der Waals surface area (Å²) in [5, 5.41) is 11.0. The highest BCUT2D eigenvalue weighted by molar-refractivity contribution is 7.09. The van der Waals surface area contributed by atoms with Gasteiger partial charge in [0, 0.05) is 25.5 Å². The minimum Gasteiger partial charge on any atom is -0.424 e. The van der Waals surface area contributed by atoms with Gasteiger partial charge in [0.15, 0.2) is 0 Å². The molecule has 2 atom stereocenters. The van der Waals surface area contributed by atoms with Crippen molar-refractivity contribution >= 4 is 11.3 Å². The summed E-state index contributed by atoms with van der Waals surface area (Å²) >= 11 is 1.64. The fourth-order valence-electron chi connectivity index (χ4n) is 1.96. The first-order chi connectivity index (χ1) is 10.0. The van der Waals surface area contributed by atoms with Gasteiger partial charge in [-0.2, -0.15) is 0 Å². The van der Waals surface area contributed by atoms with Gasteiger partial charge in [0.2, 0.25) is 11.8 Å². The molecule has 0 spiro atoms. The topological polar surface area (TPSA) is 64.3 Å². The molecule has 0 radical (unpaired) electrons. The van der Waals surface area contributed by atoms with Gasteiger partial charge in [0.1, 0.15) is 11.1 Å². The van der Waals surface area contributed by atoms with Crippen molar-refractivity contribution in [3.05, 3.63) is 27.9 Å². The van der Waals surface area contributed by atoms with Gasteiger partial charge in [0.05, 0.1) is 11.7 Å². The SMILES string of the molecule is CCO[C@@H](C)c1nc(CN(C)[C@@H](C)c2nnc(C)o2)cs1. The first-order valence-electron chi connectivity index (χ1n) is 7.07. The van der Waals surface area contributed by atoms with Crippen LogP contribution in [-0.4, -0.2) is 33.7 Å². The third kappa shape index (κ3) is 4.09. The maximum absolute atomic E-state index is 5.57. The van der Waals surface area contributed by atoms with E-state index >= 15 is 0 Å². The zero-order valence-electron chi connectivity index (χ0n) is 13.2. The molecule has 2 heterocycles. The molecule has 0 fully saturated rings. The van der Waals surface area contributed by atoms with E-state index in [1.165, 1.54) is 0 Å². The molecule has 116 valence electrons. The van der Waals surface area contributed by atoms with E-state index < -0.39 is 0 Å². The Hall–Kier alpha value is -1.31. The van der Waals surface area contributed by atoms with Crippen molar-refractivity contribution in [1.29, 1.82) is 0 Å². The van der Waals surface area contributed by atoms with Crippen LogP contribution in [0.5, 0.6) is 0 Å². The Bertz CT molecular complexity index is 569. The minimum absolute atomic E-state index is 0.0510. The predicted octanol–water partition coefficient (Wildman–Crippen LogP) is 3.13. The van der Waals surface area contributed by atoms with Crippen LogP contribution in [0.1, 0.15) is 55.4 Å². The third-order valence-electron chi connectivity index (χ3n) is 3.31. The van der Waals surface area contributed by atoms with Crippen LogP contribution < -0.4 is 0 Å². The van der Waals surface area contributed by atoms with Crippen LogP contribution >= 0.6 is 11.3 Å². The zero-order valence-corrected chi connectivity index (χ0v) is 14.0. The van der Waals surface area contributed by atoms with Gasteiger partial charge >= 0.3 is 0 Å². The molecule has 0 saturated heterocycles. The molecule has 0 bridgehead atoms. The van der Waals surface area contributed by atoms with Crippen LogP contribution in [0, 0.1) is 6.92 Å². The molecule has 0 aliphatic carbocycles. The number of aryl methyl sites for hydroxylation is 1. The molecule has 6 nitrogen and oxygen atoms in total. The summed E-state index contributed by atoms with van der Waals surface area (Å²) in [4.78, 5) is 6.77. The maximum atomic E-state index is 5.57. The Morgan fingerprint density at radius 3 is 2.76 bits per heavy atom. The van der Waals surface area contributed by atoms with E-state index in [2.05, 4.69) is 25.5 Å². The smallest absolute Gasteiger partial charge is 0.233 e. The second-order valence-electron chi connectivity index (χ2n) is 5.03. The molecule has 2 aromatic rings. The Morgan fingerprint density at radius 1 is 1.38 bits per heavy atom. The van der Waals surface area contributed by atoms with Gasteiger partial charge in [-0.25, -0.2) is 4.98 Å². The molecule has 0 aliphatic heterocycles. The summed E-state index contributed by atoms with van der Waals surface area (Å²) in [5.74, 6) is 1.22. The number of rotatable bonds is 7. The van der Waals surface area contributed by atoms with E-state index in [4.69, 9.17) is 9.15 Å². The molecule has 2 rings (SSSR count). The molecular formula is C14H22N4O2S. The summed E-state index contributed by atoms with van der Waals surface area (Å²) in [6, 6.07) is 0.0562. The molecular weight excluding hydrogens is 288 g/mol. The lowest BCUT2D eigenvalue weighted by Gasteiger charge is -2.20. The monoisotopic (exact) mass is 310 g/mol. The Kier molecular flexibility index (Phi) is 5.44. The van der Waals surface area contributed by atoms with Crippen molar-refractivity contribution in [2.75, 3.05) is 13.7 Å². The van der Waals surface area contributed by atoms with Gasteiger partial charge in [0.25, 0.3) is 0 Å². The summed E-state index contributed by atoms with van der Waals surface area (Å²) in [6.07, 6.45) is 0.0510. The fourth-order valence-corrected chi connectivity index (χ4v) is 2.78. The molecule has 0 saturated carbocycles. The van der Waals surface area contributed by atoms with Crippen molar-refractivity contribution in [3.63, 3.8) is 0 Å². The van der Waals surface area contributed by atoms with Crippen LogP contribution in [-0.2, 0) is 11.3 Å². The Balaban J connectivity index is 1.97. The molecule has 21 heavy (non-hydrogen) atoms. The van der Waals surface area contributed by atoms with E-state index in [0.717, 1.165) is 17.2 Å². The molecule has 7 heteroatoms. The van der Waals surface area contributed by atoms with Crippen LogP contribution in [0.25, 0.3) is 0 Å². The van der Waals surface area contributed by atoms with Gasteiger partial charge in [-0.05, 0) is 27.8 Å². The lowest BCUT2D eigenvalue weighted by Crippen LogP contribution is -2.22. The van der Waals surface area contributed by atoms with E-state index in [9.17, 15) is 0 Å². The van der Waals surface area contributed by atoms with Crippen molar-refractivity contribution in [1.82, 2.24) is 20.1 Å². The van der Waals surface area contributed by atoms with E-state index in [-0.39, 0.29) is 12.1 Å². The van der Waals surface area contributed by atoms with Crippen molar-refractivity contribution in [2.45, 2.75) is 46.4 Å². The van der Waals surface area contributed by atoms with Gasteiger partial charge < -0.3 is 9.15 Å². The third-order valence-corrected chi connectivity index (χ3v) is 4.36. The summed E-state index contributed by atoms with van der Waals surface area (Å²) in [6.45, 7) is 9.29. The van der Waals surface area contributed by atoms with Crippen LogP contribution in [0.2, 0.25) is 0 Å². The number of hydrogen-bond donors (Lipinski definition) is 0. The number of hydrogen-bond acceptors (Lipinski definition) is 7. The second kappa shape index (κ2) is 7.11. The van der Waals surface area contributed by atoms with Crippen molar-refractivity contribution in [3.8, 4) is 0 Å². The lowest BCUT2D eigenvalue weighted by molar-refractivity contribution is 0.0759. The Labute approximate surface area is 129 Å². The normalized spacial score (nSPS) is 14.6. The number of aromatic nitrogens is 3. The standard InChI is InChI=1S/C14H22N4O2S/c1-6-19-10(3)14-15-12(8-21-14)7-18(5)9(2)13-17-16-11(4)20-13/h8-10H,6-7H2,1-5H3/t9-,10-/m0/s1. The molecule has 0 unspecified atom stereocenters. The molecule has 2 aromatic heterocycles. The first kappa shape index (κ1) is 16.1. The zero-order chi connectivity index (χ0) is 15.4.